The van der Waals surface area contributed by atoms with Gasteiger partial charge in [-0.05, 0) is 42.8 Å². The summed E-state index contributed by atoms with van der Waals surface area (Å²) in [4.78, 5) is 23.5. The van der Waals surface area contributed by atoms with Crippen LogP contribution in [0.15, 0.2) is 40.9 Å². The topological polar surface area (TPSA) is 62.1 Å². The van der Waals surface area contributed by atoms with Gasteiger partial charge in [0.2, 0.25) is 5.78 Å². The Morgan fingerprint density at radius 2 is 1.81 bits per heavy atom. The number of hydrogen-bond donors (Lipinski definition) is 0. The Morgan fingerprint density at radius 1 is 1.14 bits per heavy atom. The number of fused-ring (bicyclic) bond motifs is 1. The molecule has 102 valence electrons. The molecule has 0 fully saturated rings. The Bertz CT molecular complexity index is 693. The molecule has 0 N–H and O–H groups in total. The molecule has 0 radical (unpaired) electrons. The largest absolute Gasteiger partial charge is 1.00 e. The predicted octanol–water partition coefficient (Wildman–Crippen LogP) is -1.28. The number of carboxylic acids is 1. The van der Waals surface area contributed by atoms with Crippen LogP contribution in [-0.2, 0) is 11.3 Å². The zero-order chi connectivity index (χ0) is 14.3. The number of carboxylic acid groups (broad SMARTS) is 1. The number of benzene rings is 1. The van der Waals surface area contributed by atoms with Crippen molar-refractivity contribution in [2.24, 2.45) is 0 Å². The van der Waals surface area contributed by atoms with Crippen LogP contribution in [0.1, 0.15) is 34.1 Å². The standard InChI is InChI=1S/C15H12BrNO3.K/c16-10-3-1-9(2-4-10)14(18)13-6-5-12-11(15(19)20)7-8-17(12)13;/h1-6,11H,7-8H2,(H,19,20);/q;+1/p-1. The third-order valence-corrected chi connectivity index (χ3v) is 4.17. The Hall–Kier alpha value is -0.244. The van der Waals surface area contributed by atoms with Crippen molar-refractivity contribution in [3.8, 4) is 0 Å². The fourth-order valence-electron chi connectivity index (χ4n) is 2.63. The zero-order valence-corrected chi connectivity index (χ0v) is 16.2. The molecule has 0 bridgehead atoms. The third-order valence-electron chi connectivity index (χ3n) is 3.64. The first-order chi connectivity index (χ1) is 9.58. The fraction of sp³-hybridized carbons (Fsp3) is 0.200. The normalized spacial score (nSPS) is 16.1. The van der Waals surface area contributed by atoms with Gasteiger partial charge in [0.15, 0.2) is 0 Å². The van der Waals surface area contributed by atoms with E-state index in [4.69, 9.17) is 0 Å². The molecule has 21 heavy (non-hydrogen) atoms. The van der Waals surface area contributed by atoms with Gasteiger partial charge in [0.25, 0.3) is 0 Å². The Labute approximate surface area is 173 Å². The molecule has 3 rings (SSSR count). The third kappa shape index (κ3) is 3.25. The van der Waals surface area contributed by atoms with Crippen molar-refractivity contribution in [3.63, 3.8) is 0 Å². The van der Waals surface area contributed by atoms with Gasteiger partial charge in [-0.25, -0.2) is 0 Å². The Balaban J connectivity index is 0.00000161. The molecule has 1 aromatic carbocycles. The van der Waals surface area contributed by atoms with Crippen LogP contribution in [0.25, 0.3) is 0 Å². The van der Waals surface area contributed by atoms with E-state index in [0.717, 1.165) is 4.47 Å². The van der Waals surface area contributed by atoms with Crippen LogP contribution in [0.5, 0.6) is 0 Å². The molecule has 0 spiro atoms. The Morgan fingerprint density at radius 3 is 2.43 bits per heavy atom. The summed E-state index contributed by atoms with van der Waals surface area (Å²) >= 11 is 3.33. The second-order valence-electron chi connectivity index (χ2n) is 4.79. The van der Waals surface area contributed by atoms with Crippen LogP contribution in [0.3, 0.4) is 0 Å². The second-order valence-corrected chi connectivity index (χ2v) is 5.71. The minimum Gasteiger partial charge on any atom is -0.549 e. The molecule has 1 atom stereocenters. The van der Waals surface area contributed by atoms with Crippen LogP contribution in [0, 0.1) is 0 Å². The van der Waals surface area contributed by atoms with E-state index < -0.39 is 11.9 Å². The average molecular weight is 372 g/mol. The van der Waals surface area contributed by atoms with Crippen LogP contribution in [-0.4, -0.2) is 16.3 Å². The van der Waals surface area contributed by atoms with Crippen molar-refractivity contribution in [3.05, 3.63) is 57.8 Å². The van der Waals surface area contributed by atoms with Gasteiger partial charge in [0.05, 0.1) is 11.7 Å². The van der Waals surface area contributed by atoms with Crippen LogP contribution >= 0.6 is 15.9 Å². The number of aromatic nitrogens is 1. The number of ketones is 1. The van der Waals surface area contributed by atoms with E-state index in [1.165, 1.54) is 0 Å². The molecular weight excluding hydrogens is 361 g/mol. The van der Waals surface area contributed by atoms with E-state index in [-0.39, 0.29) is 57.2 Å². The molecule has 2 aromatic rings. The first kappa shape index (κ1) is 17.1. The van der Waals surface area contributed by atoms with E-state index in [9.17, 15) is 14.7 Å². The fourth-order valence-corrected chi connectivity index (χ4v) is 2.89. The molecular formula is C15H11BrKNO3. The number of carbonyl (C=O) groups is 2. The number of halogens is 1. The van der Waals surface area contributed by atoms with Gasteiger partial charge >= 0.3 is 51.4 Å². The van der Waals surface area contributed by atoms with Crippen molar-refractivity contribution in [1.82, 2.24) is 4.57 Å². The molecule has 0 amide bonds. The molecule has 6 heteroatoms. The van der Waals surface area contributed by atoms with Crippen molar-refractivity contribution in [2.75, 3.05) is 0 Å². The van der Waals surface area contributed by atoms with Crippen molar-refractivity contribution < 1.29 is 66.1 Å². The zero-order valence-electron chi connectivity index (χ0n) is 11.5. The molecule has 1 aliphatic rings. The summed E-state index contributed by atoms with van der Waals surface area (Å²) in [6.07, 6.45) is 0.485. The van der Waals surface area contributed by atoms with E-state index in [0.29, 0.717) is 29.9 Å². The van der Waals surface area contributed by atoms with E-state index in [1.807, 2.05) is 12.1 Å². The maximum absolute atomic E-state index is 12.5. The van der Waals surface area contributed by atoms with Gasteiger partial charge in [-0.3, -0.25) is 4.79 Å². The van der Waals surface area contributed by atoms with E-state index in [2.05, 4.69) is 15.9 Å². The monoisotopic (exact) mass is 371 g/mol. The van der Waals surface area contributed by atoms with Gasteiger partial charge in [-0.15, -0.1) is 0 Å². The smallest absolute Gasteiger partial charge is 0.549 e. The van der Waals surface area contributed by atoms with Crippen molar-refractivity contribution in [2.45, 2.75) is 18.9 Å². The summed E-state index contributed by atoms with van der Waals surface area (Å²) in [5, 5.41) is 11.0. The minimum atomic E-state index is -1.08. The van der Waals surface area contributed by atoms with E-state index in [1.54, 1.807) is 28.8 Å². The van der Waals surface area contributed by atoms with Crippen LogP contribution < -0.4 is 56.5 Å². The van der Waals surface area contributed by atoms with Gasteiger partial charge in [0, 0.05) is 28.2 Å². The minimum absolute atomic E-state index is 0. The van der Waals surface area contributed by atoms with Crippen molar-refractivity contribution >= 4 is 27.7 Å². The molecule has 4 nitrogen and oxygen atoms in total. The molecule has 0 saturated carbocycles. The van der Waals surface area contributed by atoms with Gasteiger partial charge < -0.3 is 14.5 Å². The maximum atomic E-state index is 12.5. The number of nitrogens with zero attached hydrogens (tertiary/aromatic N) is 1. The number of hydrogen-bond acceptors (Lipinski definition) is 3. The summed E-state index contributed by atoms with van der Waals surface area (Å²) in [5.74, 6) is -1.78. The predicted molar refractivity (Wildman–Crippen MR) is 74.4 cm³/mol. The molecule has 1 unspecified atom stereocenters. The number of carbonyl (C=O) groups excluding carboxylic acids is 2. The number of rotatable bonds is 3. The number of aliphatic carboxylic acids is 1. The molecule has 0 aliphatic carbocycles. The first-order valence-corrected chi connectivity index (χ1v) is 7.08. The van der Waals surface area contributed by atoms with Gasteiger partial charge in [0.1, 0.15) is 0 Å². The van der Waals surface area contributed by atoms with Gasteiger partial charge in [-0.2, -0.15) is 0 Å². The van der Waals surface area contributed by atoms with Crippen molar-refractivity contribution in [1.29, 1.82) is 0 Å². The van der Waals surface area contributed by atoms with E-state index >= 15 is 0 Å². The summed E-state index contributed by atoms with van der Waals surface area (Å²) in [6.45, 7) is 0.540. The summed E-state index contributed by atoms with van der Waals surface area (Å²) < 4.78 is 2.69. The molecule has 2 heterocycles. The maximum Gasteiger partial charge on any atom is 1.00 e. The SMILES string of the molecule is O=C(c1ccc(Br)cc1)c1ccc2n1CCC2C(=O)[O-].[K+]. The Kier molecular flexibility index (Phi) is 5.62. The summed E-state index contributed by atoms with van der Waals surface area (Å²) in [6, 6.07) is 10.5. The summed E-state index contributed by atoms with van der Waals surface area (Å²) in [5.41, 5.74) is 1.78. The quantitative estimate of drug-likeness (QED) is 0.498. The average Bonchev–Trinajstić information content (AvgIpc) is 2.99. The molecule has 1 aliphatic heterocycles. The first-order valence-electron chi connectivity index (χ1n) is 6.28. The van der Waals surface area contributed by atoms with Crippen LogP contribution in [0.4, 0.5) is 0 Å². The van der Waals surface area contributed by atoms with Gasteiger partial charge in [-0.1, -0.05) is 15.9 Å². The molecule has 1 aromatic heterocycles. The van der Waals surface area contributed by atoms with Crippen LogP contribution in [0.2, 0.25) is 0 Å². The second kappa shape index (κ2) is 6.89. The summed E-state index contributed by atoms with van der Waals surface area (Å²) in [7, 11) is 0. The molecule has 0 saturated heterocycles.